The Bertz CT molecular complexity index is 743. The van der Waals surface area contributed by atoms with Gasteiger partial charge in [-0.15, -0.1) is 0 Å². The topological polar surface area (TPSA) is 78.1 Å². The van der Waals surface area contributed by atoms with Gasteiger partial charge in [0.2, 0.25) is 5.75 Å². The largest absolute Gasteiger partial charge is 0.493 e. The molecule has 0 saturated heterocycles. The van der Waals surface area contributed by atoms with Gasteiger partial charge in [-0.3, -0.25) is 4.99 Å². The number of aliphatic imine (C=N–C) groups is 1. The first-order valence-corrected chi connectivity index (χ1v) is 8.56. The summed E-state index contributed by atoms with van der Waals surface area (Å²) in [7, 11) is 4.80. The van der Waals surface area contributed by atoms with Gasteiger partial charge >= 0.3 is 0 Å². The molecule has 0 aliphatic rings. The summed E-state index contributed by atoms with van der Waals surface area (Å²) in [5, 5.41) is 3.10. The zero-order valence-electron chi connectivity index (χ0n) is 15.8. The normalized spacial score (nSPS) is 11.2. The minimum Gasteiger partial charge on any atom is -0.493 e. The highest BCUT2D eigenvalue weighted by atomic mass is 16.5. The molecule has 0 amide bonds. The number of nitrogens with one attached hydrogen (secondary N) is 1. The molecule has 0 spiro atoms. The van der Waals surface area contributed by atoms with Crippen molar-refractivity contribution in [2.24, 2.45) is 10.7 Å². The van der Waals surface area contributed by atoms with Crippen LogP contribution in [0.5, 0.6) is 17.2 Å². The quantitative estimate of drug-likeness (QED) is 0.560. The van der Waals surface area contributed by atoms with Crippen LogP contribution in [-0.2, 0) is 12.8 Å². The number of methoxy groups -OCH3 is 3. The molecule has 0 aliphatic heterocycles. The van der Waals surface area contributed by atoms with Gasteiger partial charge in [0, 0.05) is 17.8 Å². The van der Waals surface area contributed by atoms with E-state index in [9.17, 15) is 0 Å². The van der Waals surface area contributed by atoms with Gasteiger partial charge in [-0.2, -0.15) is 0 Å². The maximum atomic E-state index is 5.98. The molecule has 0 aliphatic carbocycles. The highest BCUT2D eigenvalue weighted by molar-refractivity contribution is 5.92. The molecule has 2 aromatic rings. The third-order valence-electron chi connectivity index (χ3n) is 4.08. The van der Waals surface area contributed by atoms with Crippen molar-refractivity contribution in [2.75, 3.05) is 33.2 Å². The van der Waals surface area contributed by atoms with Crippen LogP contribution in [0.25, 0.3) is 0 Å². The molecule has 140 valence electrons. The van der Waals surface area contributed by atoms with Gasteiger partial charge in [-0.05, 0) is 36.6 Å². The first-order valence-electron chi connectivity index (χ1n) is 8.56. The summed E-state index contributed by atoms with van der Waals surface area (Å²) in [5.74, 6) is 2.25. The van der Waals surface area contributed by atoms with E-state index >= 15 is 0 Å². The number of ether oxygens (including phenoxy) is 3. The van der Waals surface area contributed by atoms with Gasteiger partial charge in [-0.1, -0.05) is 25.1 Å². The van der Waals surface area contributed by atoms with Gasteiger partial charge in [0.1, 0.15) is 0 Å². The summed E-state index contributed by atoms with van der Waals surface area (Å²) in [4.78, 5) is 4.39. The average molecular weight is 357 g/mol. The lowest BCUT2D eigenvalue weighted by Gasteiger charge is -2.15. The van der Waals surface area contributed by atoms with Crippen molar-refractivity contribution in [3.05, 3.63) is 47.5 Å². The monoisotopic (exact) mass is 357 g/mol. The van der Waals surface area contributed by atoms with Crippen molar-refractivity contribution >= 4 is 11.6 Å². The fourth-order valence-corrected chi connectivity index (χ4v) is 2.67. The number of nitrogens with two attached hydrogens (primary N) is 1. The van der Waals surface area contributed by atoms with Crippen LogP contribution in [0.4, 0.5) is 5.69 Å². The molecule has 0 heterocycles. The van der Waals surface area contributed by atoms with Gasteiger partial charge in [0.05, 0.1) is 21.3 Å². The molecule has 3 N–H and O–H groups in total. The summed E-state index contributed by atoms with van der Waals surface area (Å²) >= 11 is 0. The van der Waals surface area contributed by atoms with Gasteiger partial charge < -0.3 is 25.3 Å². The number of nitrogens with zero attached hydrogens (tertiary/aromatic N) is 1. The van der Waals surface area contributed by atoms with Gasteiger partial charge in [-0.25, -0.2) is 0 Å². The number of rotatable bonds is 8. The van der Waals surface area contributed by atoms with Gasteiger partial charge in [0.15, 0.2) is 17.5 Å². The van der Waals surface area contributed by atoms with E-state index in [1.807, 2.05) is 24.3 Å². The van der Waals surface area contributed by atoms with E-state index in [4.69, 9.17) is 19.9 Å². The third kappa shape index (κ3) is 4.81. The van der Waals surface area contributed by atoms with E-state index in [1.54, 1.807) is 21.3 Å². The Morgan fingerprint density at radius 2 is 1.65 bits per heavy atom. The molecule has 0 fully saturated rings. The van der Waals surface area contributed by atoms with Crippen LogP contribution in [0.2, 0.25) is 0 Å². The fourth-order valence-electron chi connectivity index (χ4n) is 2.67. The van der Waals surface area contributed by atoms with Crippen molar-refractivity contribution < 1.29 is 14.2 Å². The van der Waals surface area contributed by atoms with E-state index in [1.165, 1.54) is 5.56 Å². The number of benzene rings is 2. The number of hydrogen-bond acceptors (Lipinski definition) is 4. The predicted molar refractivity (Wildman–Crippen MR) is 106 cm³/mol. The first kappa shape index (κ1) is 19.4. The lowest BCUT2D eigenvalue weighted by molar-refractivity contribution is 0.322. The molecule has 0 radical (unpaired) electrons. The summed E-state index contributed by atoms with van der Waals surface area (Å²) in [6, 6.07) is 11.9. The minimum absolute atomic E-state index is 0.383. The van der Waals surface area contributed by atoms with E-state index in [0.29, 0.717) is 36.2 Å². The SMILES string of the molecule is CCc1ccc(NC(N)=NCCc2ccc(OC)c(OC)c2OC)cc1. The van der Waals surface area contributed by atoms with Crippen LogP contribution in [0, 0.1) is 0 Å². The summed E-state index contributed by atoms with van der Waals surface area (Å²) in [6.07, 6.45) is 1.68. The standard InChI is InChI=1S/C20H27N3O3/c1-5-14-6-9-16(10-7-14)23-20(21)22-13-12-15-8-11-17(24-2)19(26-4)18(15)25-3/h6-11H,5,12-13H2,1-4H3,(H3,21,22,23). The second-order valence-corrected chi connectivity index (χ2v) is 5.69. The van der Waals surface area contributed by atoms with Crippen molar-refractivity contribution in [1.82, 2.24) is 0 Å². The molecule has 0 unspecified atom stereocenters. The smallest absolute Gasteiger partial charge is 0.203 e. The van der Waals surface area contributed by atoms with E-state index in [-0.39, 0.29) is 0 Å². The molecule has 0 saturated carbocycles. The number of anilines is 1. The van der Waals surface area contributed by atoms with Crippen LogP contribution >= 0.6 is 0 Å². The molecule has 2 aromatic carbocycles. The third-order valence-corrected chi connectivity index (χ3v) is 4.08. The first-order chi connectivity index (χ1) is 12.6. The van der Waals surface area contributed by atoms with E-state index < -0.39 is 0 Å². The summed E-state index contributed by atoms with van der Waals surface area (Å²) < 4.78 is 16.2. The zero-order valence-corrected chi connectivity index (χ0v) is 15.8. The van der Waals surface area contributed by atoms with Crippen molar-refractivity contribution in [3.63, 3.8) is 0 Å². The van der Waals surface area contributed by atoms with E-state index in [2.05, 4.69) is 29.4 Å². The summed E-state index contributed by atoms with van der Waals surface area (Å²) in [6.45, 7) is 2.65. The number of guanidine groups is 1. The van der Waals surface area contributed by atoms with Crippen LogP contribution < -0.4 is 25.3 Å². The highest BCUT2D eigenvalue weighted by Crippen LogP contribution is 2.39. The molecule has 2 rings (SSSR count). The van der Waals surface area contributed by atoms with Crippen LogP contribution in [-0.4, -0.2) is 33.8 Å². The van der Waals surface area contributed by atoms with Gasteiger partial charge in [0.25, 0.3) is 0 Å². The van der Waals surface area contributed by atoms with Crippen molar-refractivity contribution in [1.29, 1.82) is 0 Å². The Labute approximate surface area is 155 Å². The molecule has 6 heteroatoms. The molecule has 0 aromatic heterocycles. The average Bonchev–Trinajstić information content (AvgIpc) is 2.67. The zero-order chi connectivity index (χ0) is 18.9. The van der Waals surface area contributed by atoms with Crippen LogP contribution in [0.1, 0.15) is 18.1 Å². The lowest BCUT2D eigenvalue weighted by Crippen LogP contribution is -2.23. The van der Waals surface area contributed by atoms with Crippen LogP contribution in [0.15, 0.2) is 41.4 Å². The molecular formula is C20H27N3O3. The highest BCUT2D eigenvalue weighted by Gasteiger charge is 2.15. The Kier molecular flexibility index (Phi) is 7.14. The summed E-state index contributed by atoms with van der Waals surface area (Å²) in [5.41, 5.74) is 9.16. The second kappa shape index (κ2) is 9.56. The maximum absolute atomic E-state index is 5.98. The molecule has 26 heavy (non-hydrogen) atoms. The lowest BCUT2D eigenvalue weighted by atomic mass is 10.1. The van der Waals surface area contributed by atoms with E-state index in [0.717, 1.165) is 17.7 Å². The Morgan fingerprint density at radius 1 is 0.962 bits per heavy atom. The predicted octanol–water partition coefficient (Wildman–Crippen LogP) is 3.24. The molecule has 0 atom stereocenters. The fraction of sp³-hybridized carbons (Fsp3) is 0.350. The maximum Gasteiger partial charge on any atom is 0.203 e. The number of hydrogen-bond donors (Lipinski definition) is 2. The Hall–Kier alpha value is -2.89. The second-order valence-electron chi connectivity index (χ2n) is 5.69. The Balaban J connectivity index is 2.02. The molecular weight excluding hydrogens is 330 g/mol. The van der Waals surface area contributed by atoms with Crippen molar-refractivity contribution in [3.8, 4) is 17.2 Å². The Morgan fingerprint density at radius 3 is 2.23 bits per heavy atom. The minimum atomic E-state index is 0.383. The van der Waals surface area contributed by atoms with Crippen molar-refractivity contribution in [2.45, 2.75) is 19.8 Å². The van der Waals surface area contributed by atoms with Crippen LogP contribution in [0.3, 0.4) is 0 Å². The molecule has 6 nitrogen and oxygen atoms in total. The number of aryl methyl sites for hydroxylation is 1. The molecule has 0 bridgehead atoms.